The SMILES string of the molecule is CCOC(=O)C12NC(=Cc3ccccc31)c1ccccc12. The van der Waals surface area contributed by atoms with Gasteiger partial charge in [-0.25, -0.2) is 4.79 Å². The predicted octanol–water partition coefficient (Wildman–Crippen LogP) is 2.91. The van der Waals surface area contributed by atoms with Gasteiger partial charge in [0.1, 0.15) is 0 Å². The minimum absolute atomic E-state index is 0.243. The van der Waals surface area contributed by atoms with Gasteiger partial charge in [0.2, 0.25) is 0 Å². The number of nitrogens with one attached hydrogen (secondary N) is 1. The van der Waals surface area contributed by atoms with Crippen LogP contribution < -0.4 is 5.32 Å². The van der Waals surface area contributed by atoms with Crippen molar-refractivity contribution in [2.75, 3.05) is 6.61 Å². The fourth-order valence-electron chi connectivity index (χ4n) is 3.34. The van der Waals surface area contributed by atoms with Crippen LogP contribution in [0.5, 0.6) is 0 Å². The second-order valence-electron chi connectivity index (χ2n) is 5.29. The smallest absolute Gasteiger partial charge is 0.341 e. The zero-order valence-corrected chi connectivity index (χ0v) is 11.7. The Balaban J connectivity index is 2.05. The maximum atomic E-state index is 12.8. The fraction of sp³-hybridized carbons (Fsp3) is 0.167. The van der Waals surface area contributed by atoms with Crippen LogP contribution in [0.1, 0.15) is 29.2 Å². The second-order valence-corrected chi connectivity index (χ2v) is 5.29. The molecule has 2 aliphatic heterocycles. The Morgan fingerprint density at radius 2 is 1.81 bits per heavy atom. The zero-order chi connectivity index (χ0) is 14.4. The van der Waals surface area contributed by atoms with Gasteiger partial charge in [-0.2, -0.15) is 0 Å². The van der Waals surface area contributed by atoms with E-state index in [0.717, 1.165) is 28.0 Å². The van der Waals surface area contributed by atoms with Crippen LogP contribution in [0.4, 0.5) is 0 Å². The molecule has 3 heteroatoms. The number of benzene rings is 2. The molecule has 0 aromatic heterocycles. The van der Waals surface area contributed by atoms with Crippen molar-refractivity contribution in [1.29, 1.82) is 0 Å². The molecule has 2 aromatic rings. The van der Waals surface area contributed by atoms with Gasteiger partial charge in [-0.3, -0.25) is 0 Å². The number of hydrogen-bond acceptors (Lipinski definition) is 3. The molecule has 1 unspecified atom stereocenters. The number of hydrogen-bond donors (Lipinski definition) is 1. The zero-order valence-electron chi connectivity index (χ0n) is 11.7. The third-order valence-electron chi connectivity index (χ3n) is 4.19. The molecule has 0 fully saturated rings. The molecular formula is C18H15NO2. The van der Waals surface area contributed by atoms with Crippen LogP contribution in [0.2, 0.25) is 0 Å². The molecule has 0 aliphatic carbocycles. The lowest BCUT2D eigenvalue weighted by Crippen LogP contribution is -2.48. The van der Waals surface area contributed by atoms with E-state index in [1.165, 1.54) is 0 Å². The summed E-state index contributed by atoms with van der Waals surface area (Å²) in [5.41, 5.74) is 4.14. The van der Waals surface area contributed by atoms with Crippen molar-refractivity contribution in [1.82, 2.24) is 5.32 Å². The van der Waals surface area contributed by atoms with Gasteiger partial charge in [0, 0.05) is 22.4 Å². The summed E-state index contributed by atoms with van der Waals surface area (Å²) in [5.74, 6) is -0.243. The Labute approximate surface area is 123 Å². The van der Waals surface area contributed by atoms with Gasteiger partial charge in [0.25, 0.3) is 0 Å². The number of ether oxygens (including phenoxy) is 1. The maximum Gasteiger partial charge on any atom is 0.341 e. The lowest BCUT2D eigenvalue weighted by Gasteiger charge is -2.32. The fourth-order valence-corrected chi connectivity index (χ4v) is 3.34. The molecule has 3 nitrogen and oxygen atoms in total. The summed E-state index contributed by atoms with van der Waals surface area (Å²) in [5, 5.41) is 3.40. The van der Waals surface area contributed by atoms with Crippen LogP contribution in [-0.2, 0) is 15.1 Å². The van der Waals surface area contributed by atoms with E-state index in [2.05, 4.69) is 11.4 Å². The van der Waals surface area contributed by atoms with Crippen molar-refractivity contribution in [2.24, 2.45) is 0 Å². The van der Waals surface area contributed by atoms with Gasteiger partial charge in [-0.05, 0) is 18.6 Å². The van der Waals surface area contributed by atoms with Crippen LogP contribution in [0.25, 0.3) is 11.8 Å². The summed E-state index contributed by atoms with van der Waals surface area (Å²) in [7, 11) is 0. The molecule has 0 amide bonds. The normalized spacial score (nSPS) is 20.9. The highest BCUT2D eigenvalue weighted by Crippen LogP contribution is 2.47. The lowest BCUT2D eigenvalue weighted by atomic mass is 9.81. The quantitative estimate of drug-likeness (QED) is 0.858. The Kier molecular flexibility index (Phi) is 2.45. The summed E-state index contributed by atoms with van der Waals surface area (Å²) in [6, 6.07) is 16.0. The van der Waals surface area contributed by atoms with Gasteiger partial charge < -0.3 is 10.1 Å². The van der Waals surface area contributed by atoms with Crippen molar-refractivity contribution < 1.29 is 9.53 Å². The van der Waals surface area contributed by atoms with Crippen LogP contribution in [0.3, 0.4) is 0 Å². The van der Waals surface area contributed by atoms with Crippen molar-refractivity contribution in [3.05, 3.63) is 70.8 Å². The highest BCUT2D eigenvalue weighted by atomic mass is 16.5. The minimum Gasteiger partial charge on any atom is -0.464 e. The Bertz CT molecular complexity index is 765. The highest BCUT2D eigenvalue weighted by Gasteiger charge is 2.52. The van der Waals surface area contributed by atoms with E-state index in [9.17, 15) is 4.79 Å². The van der Waals surface area contributed by atoms with E-state index in [1.54, 1.807) is 0 Å². The molecule has 104 valence electrons. The topological polar surface area (TPSA) is 38.3 Å². The summed E-state index contributed by atoms with van der Waals surface area (Å²) in [6.07, 6.45) is 2.10. The Morgan fingerprint density at radius 3 is 2.62 bits per heavy atom. The van der Waals surface area contributed by atoms with Crippen molar-refractivity contribution in [3.63, 3.8) is 0 Å². The van der Waals surface area contributed by atoms with Gasteiger partial charge in [-0.1, -0.05) is 48.5 Å². The van der Waals surface area contributed by atoms with Crippen molar-refractivity contribution in [3.8, 4) is 0 Å². The van der Waals surface area contributed by atoms with E-state index in [4.69, 9.17) is 4.74 Å². The number of rotatable bonds is 2. The third kappa shape index (κ3) is 1.46. The first kappa shape index (κ1) is 12.2. The number of carbonyl (C=O) groups excluding carboxylic acids is 1. The third-order valence-corrected chi connectivity index (χ3v) is 4.19. The number of fused-ring (bicyclic) bond motifs is 7. The second kappa shape index (κ2) is 4.22. The largest absolute Gasteiger partial charge is 0.464 e. The first-order valence-corrected chi connectivity index (χ1v) is 7.14. The van der Waals surface area contributed by atoms with E-state index < -0.39 is 5.54 Å². The molecular weight excluding hydrogens is 262 g/mol. The molecule has 2 aliphatic rings. The first-order chi connectivity index (χ1) is 10.3. The molecule has 1 N–H and O–H groups in total. The summed E-state index contributed by atoms with van der Waals surface area (Å²) in [4.78, 5) is 12.8. The van der Waals surface area contributed by atoms with Crippen molar-refractivity contribution >= 4 is 17.7 Å². The standard InChI is InChI=1S/C18H15NO2/c1-2-21-17(20)18-14-9-5-3-7-12(14)11-16(19-18)13-8-4-6-10-15(13)18/h3-11,19H,2H2,1H3. The minimum atomic E-state index is -0.909. The van der Waals surface area contributed by atoms with E-state index in [1.807, 2.05) is 55.5 Å². The van der Waals surface area contributed by atoms with Gasteiger partial charge in [0.15, 0.2) is 5.54 Å². The summed E-state index contributed by atoms with van der Waals surface area (Å²) >= 11 is 0. The molecule has 0 saturated carbocycles. The molecule has 2 heterocycles. The number of carbonyl (C=O) groups is 1. The maximum absolute atomic E-state index is 12.8. The molecule has 0 saturated heterocycles. The van der Waals surface area contributed by atoms with Crippen LogP contribution in [0, 0.1) is 0 Å². The Hall–Kier alpha value is -2.55. The summed E-state index contributed by atoms with van der Waals surface area (Å²) in [6.45, 7) is 2.20. The van der Waals surface area contributed by atoms with Crippen LogP contribution >= 0.6 is 0 Å². The van der Waals surface area contributed by atoms with Gasteiger partial charge in [-0.15, -0.1) is 0 Å². The van der Waals surface area contributed by atoms with E-state index in [0.29, 0.717) is 6.61 Å². The van der Waals surface area contributed by atoms with Gasteiger partial charge >= 0.3 is 5.97 Å². The molecule has 2 aromatic carbocycles. The highest BCUT2D eigenvalue weighted by molar-refractivity contribution is 6.02. The van der Waals surface area contributed by atoms with E-state index in [-0.39, 0.29) is 5.97 Å². The monoisotopic (exact) mass is 277 g/mol. The van der Waals surface area contributed by atoms with Crippen LogP contribution in [0.15, 0.2) is 48.5 Å². The molecule has 1 atom stereocenters. The lowest BCUT2D eigenvalue weighted by molar-refractivity contribution is -0.149. The Morgan fingerprint density at radius 1 is 1.10 bits per heavy atom. The first-order valence-electron chi connectivity index (χ1n) is 7.14. The van der Waals surface area contributed by atoms with Crippen LogP contribution in [-0.4, -0.2) is 12.6 Å². The molecule has 2 bridgehead atoms. The number of esters is 1. The average Bonchev–Trinajstić information content (AvgIpc) is 2.80. The average molecular weight is 277 g/mol. The molecule has 0 spiro atoms. The van der Waals surface area contributed by atoms with Crippen molar-refractivity contribution in [2.45, 2.75) is 12.5 Å². The summed E-state index contributed by atoms with van der Waals surface area (Å²) < 4.78 is 5.39. The van der Waals surface area contributed by atoms with Gasteiger partial charge in [0.05, 0.1) is 6.61 Å². The predicted molar refractivity (Wildman–Crippen MR) is 81.3 cm³/mol. The van der Waals surface area contributed by atoms with E-state index >= 15 is 0 Å². The molecule has 4 rings (SSSR count). The molecule has 0 radical (unpaired) electrons. The molecule has 21 heavy (non-hydrogen) atoms.